The minimum atomic E-state index is -0.456. The van der Waals surface area contributed by atoms with E-state index in [9.17, 15) is 14.9 Å². The van der Waals surface area contributed by atoms with Crippen molar-refractivity contribution in [3.63, 3.8) is 0 Å². The van der Waals surface area contributed by atoms with Crippen LogP contribution in [0.5, 0.6) is 0 Å². The lowest BCUT2D eigenvalue weighted by Gasteiger charge is -2.06. The molecule has 0 radical (unpaired) electrons. The van der Waals surface area contributed by atoms with E-state index in [2.05, 4.69) is 15.7 Å². The molecule has 0 saturated carbocycles. The topological polar surface area (TPSA) is 116 Å². The maximum absolute atomic E-state index is 12.7. The zero-order valence-corrected chi connectivity index (χ0v) is 16.4. The van der Waals surface area contributed by atoms with Gasteiger partial charge in [0.05, 0.1) is 22.5 Å². The number of benzene rings is 2. The fourth-order valence-electron chi connectivity index (χ4n) is 3.14. The second-order valence-electron chi connectivity index (χ2n) is 6.61. The first-order valence-electron chi connectivity index (χ1n) is 9.32. The largest absolute Gasteiger partial charge is 0.360 e. The van der Waals surface area contributed by atoms with Crippen molar-refractivity contribution in [2.75, 3.05) is 0 Å². The van der Waals surface area contributed by atoms with Crippen molar-refractivity contribution in [3.8, 4) is 16.9 Å². The predicted octanol–water partition coefficient (Wildman–Crippen LogP) is 4.11. The van der Waals surface area contributed by atoms with E-state index in [1.165, 1.54) is 18.3 Å². The van der Waals surface area contributed by atoms with Gasteiger partial charge in [-0.05, 0) is 25.1 Å². The summed E-state index contributed by atoms with van der Waals surface area (Å²) in [4.78, 5) is 23.3. The highest BCUT2D eigenvalue weighted by atomic mass is 16.6. The Morgan fingerprint density at radius 1 is 1.16 bits per heavy atom. The summed E-state index contributed by atoms with van der Waals surface area (Å²) in [5.41, 5.74) is 5.21. The molecule has 0 bridgehead atoms. The highest BCUT2D eigenvalue weighted by Crippen LogP contribution is 2.25. The molecule has 2 heterocycles. The average Bonchev–Trinajstić information content (AvgIpc) is 3.41. The molecule has 0 saturated heterocycles. The van der Waals surface area contributed by atoms with E-state index in [0.717, 1.165) is 5.56 Å². The number of non-ortho nitro benzene ring substituents is 1. The first-order valence-corrected chi connectivity index (χ1v) is 9.32. The normalized spacial score (nSPS) is 11.0. The van der Waals surface area contributed by atoms with Crippen LogP contribution in [0, 0.1) is 17.0 Å². The van der Waals surface area contributed by atoms with Gasteiger partial charge < -0.3 is 9.09 Å². The molecule has 0 atom stereocenters. The van der Waals surface area contributed by atoms with E-state index in [4.69, 9.17) is 4.52 Å². The van der Waals surface area contributed by atoms with E-state index >= 15 is 0 Å². The van der Waals surface area contributed by atoms with Gasteiger partial charge in [0.15, 0.2) is 0 Å². The van der Waals surface area contributed by atoms with Gasteiger partial charge in [0.25, 0.3) is 11.6 Å². The molecule has 0 spiro atoms. The number of amides is 1. The van der Waals surface area contributed by atoms with Gasteiger partial charge in [-0.1, -0.05) is 41.6 Å². The first kappa shape index (κ1) is 19.8. The summed E-state index contributed by atoms with van der Waals surface area (Å²) in [6.45, 7) is 1.66. The third-order valence-corrected chi connectivity index (χ3v) is 4.60. The van der Waals surface area contributed by atoms with Crippen LogP contribution in [0.4, 0.5) is 5.69 Å². The Bertz CT molecular complexity index is 1270. The van der Waals surface area contributed by atoms with Crippen LogP contribution < -0.4 is 5.43 Å². The fourth-order valence-corrected chi connectivity index (χ4v) is 3.14. The van der Waals surface area contributed by atoms with Crippen molar-refractivity contribution in [1.29, 1.82) is 0 Å². The maximum atomic E-state index is 12.7. The SMILES string of the molecule is Cc1onc(-c2ccccc2)c1C(=O)NN=Cc1cccn1-c1cccc([N+](=O)[O-])c1. The van der Waals surface area contributed by atoms with E-state index in [1.807, 2.05) is 30.3 Å². The Labute approximate surface area is 176 Å². The van der Waals surface area contributed by atoms with Gasteiger partial charge >= 0.3 is 0 Å². The Balaban J connectivity index is 1.55. The Hall–Kier alpha value is -4.53. The third kappa shape index (κ3) is 4.10. The van der Waals surface area contributed by atoms with Crippen molar-refractivity contribution in [2.45, 2.75) is 6.92 Å². The van der Waals surface area contributed by atoms with Gasteiger partial charge in [-0.25, -0.2) is 5.43 Å². The van der Waals surface area contributed by atoms with Crippen LogP contribution in [0.15, 0.2) is 82.6 Å². The number of nitro groups is 1. The molecule has 1 amide bonds. The zero-order valence-electron chi connectivity index (χ0n) is 16.4. The summed E-state index contributed by atoms with van der Waals surface area (Å²) in [6, 6.07) is 19.0. The van der Waals surface area contributed by atoms with Crippen molar-refractivity contribution < 1.29 is 14.2 Å². The van der Waals surface area contributed by atoms with Crippen LogP contribution in [-0.4, -0.2) is 26.8 Å². The van der Waals surface area contributed by atoms with Crippen LogP contribution in [0.3, 0.4) is 0 Å². The van der Waals surface area contributed by atoms with Crippen molar-refractivity contribution in [1.82, 2.24) is 15.1 Å². The number of aromatic nitrogens is 2. The lowest BCUT2D eigenvalue weighted by Crippen LogP contribution is -2.19. The van der Waals surface area contributed by atoms with Crippen LogP contribution in [0.2, 0.25) is 0 Å². The number of hydrazone groups is 1. The molecule has 9 heteroatoms. The number of nitrogens with one attached hydrogen (secondary N) is 1. The van der Waals surface area contributed by atoms with Crippen molar-refractivity contribution in [2.24, 2.45) is 5.10 Å². The molecule has 0 aliphatic rings. The smallest absolute Gasteiger partial charge is 0.277 e. The lowest BCUT2D eigenvalue weighted by molar-refractivity contribution is -0.384. The van der Waals surface area contributed by atoms with Gasteiger partial charge in [0.2, 0.25) is 0 Å². The van der Waals surface area contributed by atoms with Gasteiger partial charge in [-0.15, -0.1) is 0 Å². The van der Waals surface area contributed by atoms with Crippen LogP contribution in [0.25, 0.3) is 16.9 Å². The standard InChI is InChI=1S/C22H17N5O4/c1-15-20(21(25-31-15)16-7-3-2-4-8-16)22(28)24-23-14-19-11-6-12-26(19)17-9-5-10-18(13-17)27(29)30/h2-14H,1H3,(H,24,28). The van der Waals surface area contributed by atoms with E-state index in [1.54, 1.807) is 42.0 Å². The summed E-state index contributed by atoms with van der Waals surface area (Å²) in [5, 5.41) is 19.1. The molecular weight excluding hydrogens is 398 g/mol. The van der Waals surface area contributed by atoms with Gasteiger partial charge in [0.1, 0.15) is 17.0 Å². The molecule has 2 aromatic heterocycles. The number of nitro benzene ring substituents is 1. The molecule has 31 heavy (non-hydrogen) atoms. The monoisotopic (exact) mass is 415 g/mol. The number of aryl methyl sites for hydroxylation is 1. The molecule has 9 nitrogen and oxygen atoms in total. The number of hydrogen-bond acceptors (Lipinski definition) is 6. The van der Waals surface area contributed by atoms with Crippen molar-refractivity contribution >= 4 is 17.8 Å². The second-order valence-corrected chi connectivity index (χ2v) is 6.61. The number of hydrogen-bond donors (Lipinski definition) is 1. The van der Waals surface area contributed by atoms with Gasteiger partial charge in [-0.2, -0.15) is 5.10 Å². The summed E-state index contributed by atoms with van der Waals surface area (Å²) in [6.07, 6.45) is 3.21. The minimum absolute atomic E-state index is 0.0150. The fraction of sp³-hybridized carbons (Fsp3) is 0.0455. The molecule has 2 aromatic carbocycles. The molecule has 4 aromatic rings. The highest BCUT2D eigenvalue weighted by Gasteiger charge is 2.21. The first-order chi connectivity index (χ1) is 15.0. The minimum Gasteiger partial charge on any atom is -0.360 e. The molecule has 0 unspecified atom stereocenters. The third-order valence-electron chi connectivity index (χ3n) is 4.60. The number of rotatable bonds is 6. The lowest BCUT2D eigenvalue weighted by atomic mass is 10.1. The summed E-state index contributed by atoms with van der Waals surface area (Å²) < 4.78 is 6.93. The Morgan fingerprint density at radius 2 is 1.97 bits per heavy atom. The van der Waals surface area contributed by atoms with Crippen LogP contribution in [0.1, 0.15) is 21.8 Å². The van der Waals surface area contributed by atoms with Gasteiger partial charge in [-0.3, -0.25) is 14.9 Å². The Morgan fingerprint density at radius 3 is 2.74 bits per heavy atom. The number of nitrogens with zero attached hydrogens (tertiary/aromatic N) is 4. The van der Waals surface area contributed by atoms with Crippen LogP contribution >= 0.6 is 0 Å². The highest BCUT2D eigenvalue weighted by molar-refractivity contribution is 6.01. The van der Waals surface area contributed by atoms with E-state index in [0.29, 0.717) is 28.4 Å². The molecule has 0 fully saturated rings. The summed E-state index contributed by atoms with van der Waals surface area (Å²) >= 11 is 0. The molecule has 0 aliphatic carbocycles. The molecule has 1 N–H and O–H groups in total. The molecule has 4 rings (SSSR count). The zero-order chi connectivity index (χ0) is 21.8. The number of carbonyl (C=O) groups excluding carboxylic acids is 1. The Kier molecular flexibility index (Phi) is 5.39. The molecule has 154 valence electrons. The van der Waals surface area contributed by atoms with Crippen molar-refractivity contribution in [3.05, 3.63) is 100 Å². The number of carbonyl (C=O) groups is 1. The summed E-state index contributed by atoms with van der Waals surface area (Å²) in [7, 11) is 0. The molecule has 0 aliphatic heterocycles. The van der Waals surface area contributed by atoms with Gasteiger partial charge in [0, 0.05) is 23.9 Å². The predicted molar refractivity (Wildman–Crippen MR) is 114 cm³/mol. The molecular formula is C22H17N5O4. The van der Waals surface area contributed by atoms with E-state index in [-0.39, 0.29) is 5.69 Å². The second kappa shape index (κ2) is 8.46. The average molecular weight is 415 g/mol. The quantitative estimate of drug-likeness (QED) is 0.289. The van der Waals surface area contributed by atoms with Crippen LogP contribution in [-0.2, 0) is 0 Å². The summed E-state index contributed by atoms with van der Waals surface area (Å²) in [5.74, 6) is -0.0752. The van der Waals surface area contributed by atoms with E-state index < -0.39 is 10.8 Å². The maximum Gasteiger partial charge on any atom is 0.277 e.